The van der Waals surface area contributed by atoms with E-state index in [4.69, 9.17) is 4.74 Å². The minimum atomic E-state index is -4.85. The molecule has 3 fully saturated rings. The molecule has 0 spiro atoms. The first-order chi connectivity index (χ1) is 17.8. The fraction of sp³-hybridized carbons (Fsp3) is 0.417. The first-order valence-corrected chi connectivity index (χ1v) is 13.7. The molecule has 1 N–H and O–H groups in total. The number of imide groups is 1. The van der Waals surface area contributed by atoms with E-state index < -0.39 is 56.1 Å². The van der Waals surface area contributed by atoms with E-state index in [0.717, 1.165) is 22.1 Å². The first-order valence-electron chi connectivity index (χ1n) is 11.8. The summed E-state index contributed by atoms with van der Waals surface area (Å²) in [6.07, 6.45) is 1.45. The molecule has 3 aromatic rings. The largest absolute Gasteiger partial charge is 0.470 e. The van der Waals surface area contributed by atoms with Crippen LogP contribution in [-0.2, 0) is 20.8 Å². The zero-order valence-corrected chi connectivity index (χ0v) is 20.9. The van der Waals surface area contributed by atoms with Gasteiger partial charge in [0.25, 0.3) is 5.91 Å². The van der Waals surface area contributed by atoms with Crippen molar-refractivity contribution in [2.75, 3.05) is 17.7 Å². The van der Waals surface area contributed by atoms with Crippen molar-refractivity contribution in [3.63, 3.8) is 0 Å². The van der Waals surface area contributed by atoms with Crippen LogP contribution in [0.1, 0.15) is 37.7 Å². The minimum absolute atomic E-state index is 0.299. The van der Waals surface area contributed by atoms with E-state index in [2.05, 4.69) is 15.0 Å². The molecule has 3 heterocycles. The molecular weight excluding hydrogens is 527 g/mol. The van der Waals surface area contributed by atoms with Gasteiger partial charge in [-0.05, 0) is 49.9 Å². The van der Waals surface area contributed by atoms with E-state index in [9.17, 15) is 31.2 Å². The van der Waals surface area contributed by atoms with Crippen LogP contribution in [0.15, 0.2) is 41.7 Å². The van der Waals surface area contributed by atoms with Crippen molar-refractivity contribution in [2.45, 2.75) is 54.3 Å². The lowest BCUT2D eigenvalue weighted by Crippen LogP contribution is -2.50. The number of fused-ring (bicyclic) bond motifs is 3. The number of anilines is 1. The lowest BCUT2D eigenvalue weighted by Gasteiger charge is -2.34. The highest BCUT2D eigenvalue weighted by Crippen LogP contribution is 2.56. The normalized spacial score (nSPS) is 25.7. The fourth-order valence-electron chi connectivity index (χ4n) is 5.99. The Labute approximate surface area is 214 Å². The average molecular weight is 550 g/mol. The Morgan fingerprint density at radius 1 is 1.08 bits per heavy atom. The maximum absolute atomic E-state index is 13.5. The van der Waals surface area contributed by atoms with E-state index in [1.165, 1.54) is 6.33 Å². The van der Waals surface area contributed by atoms with Gasteiger partial charge < -0.3 is 9.72 Å². The number of carbonyl (C=O) groups is 2. The number of amides is 3. The highest BCUT2D eigenvalue weighted by Gasteiger charge is 2.63. The molecule has 2 aliphatic carbocycles. The van der Waals surface area contributed by atoms with Crippen LogP contribution in [0, 0.1) is 0 Å². The summed E-state index contributed by atoms with van der Waals surface area (Å²) < 4.78 is 71.1. The molecule has 0 atom stereocenters. The Morgan fingerprint density at radius 2 is 1.82 bits per heavy atom. The van der Waals surface area contributed by atoms with Gasteiger partial charge in [0.2, 0.25) is 5.88 Å². The Hall–Kier alpha value is -3.68. The number of hydrogen-bond acceptors (Lipinski definition) is 7. The SMILES string of the molecule is CS(=O)(=O)c1cc(N2CC(=O)N(C34CCC(Oc5ncnc6[nH]ccc56)(CC3)C4)C2=O)cc(C(F)(F)F)c1. The van der Waals surface area contributed by atoms with Crippen molar-refractivity contribution in [2.24, 2.45) is 0 Å². The van der Waals surface area contributed by atoms with Gasteiger partial charge in [0, 0.05) is 24.6 Å². The summed E-state index contributed by atoms with van der Waals surface area (Å²) in [5.74, 6) is -0.159. The molecule has 2 bridgehead atoms. The van der Waals surface area contributed by atoms with Gasteiger partial charge in [-0.15, -0.1) is 0 Å². The number of halogens is 3. The Kier molecular flexibility index (Phi) is 5.13. The van der Waals surface area contributed by atoms with Gasteiger partial charge in [0.15, 0.2) is 9.84 Å². The molecule has 0 radical (unpaired) electrons. The molecule has 14 heteroatoms. The van der Waals surface area contributed by atoms with Gasteiger partial charge in [-0.25, -0.2) is 23.2 Å². The molecule has 1 saturated heterocycles. The third-order valence-electron chi connectivity index (χ3n) is 7.77. The maximum Gasteiger partial charge on any atom is 0.416 e. The molecular formula is C24H22F3N5O5S. The summed E-state index contributed by atoms with van der Waals surface area (Å²) >= 11 is 0. The van der Waals surface area contributed by atoms with Crippen molar-refractivity contribution >= 4 is 38.5 Å². The Bertz CT molecular complexity index is 1590. The second-order valence-corrected chi connectivity index (χ2v) is 12.2. The van der Waals surface area contributed by atoms with E-state index in [-0.39, 0.29) is 5.69 Å². The summed E-state index contributed by atoms with van der Waals surface area (Å²) in [4.78, 5) is 39.6. The van der Waals surface area contributed by atoms with E-state index >= 15 is 0 Å². The summed E-state index contributed by atoms with van der Waals surface area (Å²) in [7, 11) is -4.02. The molecule has 6 rings (SSSR count). The molecule has 3 aliphatic rings. The van der Waals surface area contributed by atoms with Crippen molar-refractivity contribution in [3.05, 3.63) is 42.4 Å². The number of benzene rings is 1. The highest BCUT2D eigenvalue weighted by atomic mass is 32.2. The Balaban J connectivity index is 1.30. The number of nitrogens with zero attached hydrogens (tertiary/aromatic N) is 4. The average Bonchev–Trinajstić information content (AvgIpc) is 3.60. The van der Waals surface area contributed by atoms with Crippen molar-refractivity contribution in [1.82, 2.24) is 19.9 Å². The van der Waals surface area contributed by atoms with Crippen LogP contribution in [0.4, 0.5) is 23.7 Å². The molecule has 2 saturated carbocycles. The van der Waals surface area contributed by atoms with Crippen LogP contribution < -0.4 is 9.64 Å². The molecule has 1 aromatic carbocycles. The van der Waals surface area contributed by atoms with Crippen LogP contribution in [-0.4, -0.2) is 64.1 Å². The van der Waals surface area contributed by atoms with E-state index in [1.807, 2.05) is 0 Å². The third kappa shape index (κ3) is 3.80. The summed E-state index contributed by atoms with van der Waals surface area (Å²) in [5.41, 5.74) is -2.42. The zero-order chi connectivity index (χ0) is 27.1. The topological polar surface area (TPSA) is 126 Å². The number of alkyl halides is 3. The van der Waals surface area contributed by atoms with Gasteiger partial charge in [-0.3, -0.25) is 14.6 Å². The zero-order valence-electron chi connectivity index (χ0n) is 20.1. The van der Waals surface area contributed by atoms with Gasteiger partial charge >= 0.3 is 12.2 Å². The summed E-state index contributed by atoms with van der Waals surface area (Å²) in [5, 5.41) is 0.706. The quantitative estimate of drug-likeness (QED) is 0.481. The number of ether oxygens (including phenoxy) is 1. The third-order valence-corrected chi connectivity index (χ3v) is 8.86. The van der Waals surface area contributed by atoms with Crippen LogP contribution in [0.5, 0.6) is 5.88 Å². The van der Waals surface area contributed by atoms with Crippen molar-refractivity contribution < 1.29 is 35.9 Å². The van der Waals surface area contributed by atoms with E-state index in [1.54, 1.807) is 12.3 Å². The van der Waals surface area contributed by atoms with E-state index in [0.29, 0.717) is 61.2 Å². The van der Waals surface area contributed by atoms with Crippen LogP contribution >= 0.6 is 0 Å². The van der Waals surface area contributed by atoms with Gasteiger partial charge in [-0.2, -0.15) is 13.2 Å². The smallest absolute Gasteiger partial charge is 0.416 e. The number of rotatable bonds is 5. The predicted octanol–water partition coefficient (Wildman–Crippen LogP) is 3.68. The number of H-pyrrole nitrogens is 1. The van der Waals surface area contributed by atoms with Crippen LogP contribution in [0.3, 0.4) is 0 Å². The van der Waals surface area contributed by atoms with Gasteiger partial charge in [0.05, 0.1) is 21.4 Å². The monoisotopic (exact) mass is 549 g/mol. The van der Waals surface area contributed by atoms with Crippen molar-refractivity contribution in [3.8, 4) is 5.88 Å². The number of hydrogen-bond donors (Lipinski definition) is 1. The molecule has 1 aliphatic heterocycles. The summed E-state index contributed by atoms with van der Waals surface area (Å²) in [6.45, 7) is -0.491. The number of nitrogens with one attached hydrogen (secondary N) is 1. The number of aromatic nitrogens is 3. The molecule has 10 nitrogen and oxygen atoms in total. The fourth-order valence-corrected chi connectivity index (χ4v) is 6.66. The maximum atomic E-state index is 13.5. The standard InChI is InChI=1S/C24H22F3N5O5S/c1-38(35,36)16-9-14(24(25,26)27)8-15(10-16)31-11-18(33)32(21(31)34)22-3-5-23(12-22,6-4-22)37-20-17-2-7-28-19(17)29-13-30-20/h2,7-10,13H,3-6,11-12H2,1H3,(H,28,29,30). The molecule has 2 aromatic heterocycles. The van der Waals surface area contributed by atoms with Gasteiger partial charge in [0.1, 0.15) is 24.1 Å². The molecule has 200 valence electrons. The number of urea groups is 1. The molecule has 0 unspecified atom stereocenters. The molecule has 3 amide bonds. The first kappa shape index (κ1) is 24.6. The lowest BCUT2D eigenvalue weighted by atomic mass is 9.91. The minimum Gasteiger partial charge on any atom is -0.470 e. The highest BCUT2D eigenvalue weighted by molar-refractivity contribution is 7.90. The number of carbonyl (C=O) groups excluding carboxylic acids is 2. The van der Waals surface area contributed by atoms with Crippen LogP contribution in [0.25, 0.3) is 11.0 Å². The molecule has 38 heavy (non-hydrogen) atoms. The second-order valence-electron chi connectivity index (χ2n) is 10.2. The lowest BCUT2D eigenvalue weighted by molar-refractivity contribution is -0.137. The number of sulfone groups is 1. The predicted molar refractivity (Wildman–Crippen MR) is 127 cm³/mol. The summed E-state index contributed by atoms with van der Waals surface area (Å²) in [6, 6.07) is 3.22. The van der Waals surface area contributed by atoms with Crippen molar-refractivity contribution in [1.29, 1.82) is 0 Å². The Morgan fingerprint density at radius 3 is 2.50 bits per heavy atom. The second kappa shape index (κ2) is 7.91. The van der Waals surface area contributed by atoms with Gasteiger partial charge in [-0.1, -0.05) is 0 Å². The van der Waals surface area contributed by atoms with Crippen LogP contribution in [0.2, 0.25) is 0 Å². The number of aromatic amines is 1.